The molecule has 0 saturated carbocycles. The van der Waals surface area contributed by atoms with Gasteiger partial charge >= 0.3 is 0 Å². The molecule has 2 aromatic rings. The van der Waals surface area contributed by atoms with E-state index in [2.05, 4.69) is 59.4 Å². The van der Waals surface area contributed by atoms with E-state index in [4.69, 9.17) is 11.6 Å². The molecule has 0 heterocycles. The highest BCUT2D eigenvalue weighted by atomic mass is 79.9. The van der Waals surface area contributed by atoms with Crippen molar-refractivity contribution in [2.24, 2.45) is 0 Å². The largest absolute Gasteiger partial charge is 0.306 e. The monoisotopic (exact) mass is 337 g/mol. The predicted molar refractivity (Wildman–Crippen MR) is 85.6 cm³/mol. The third-order valence-corrected chi connectivity index (χ3v) is 4.27. The molecule has 3 heteroatoms. The van der Waals surface area contributed by atoms with Crippen molar-refractivity contribution in [1.29, 1.82) is 0 Å². The van der Waals surface area contributed by atoms with Gasteiger partial charge in [0, 0.05) is 22.1 Å². The molecule has 0 aliphatic carbocycles. The maximum Gasteiger partial charge on any atom is 0.0410 e. The van der Waals surface area contributed by atoms with E-state index < -0.39 is 0 Å². The highest BCUT2D eigenvalue weighted by Gasteiger charge is 2.08. The van der Waals surface area contributed by atoms with Crippen LogP contribution >= 0.6 is 27.5 Å². The molecule has 0 bridgehead atoms. The van der Waals surface area contributed by atoms with Gasteiger partial charge in [-0.15, -0.1) is 0 Å². The Labute approximate surface area is 128 Å². The highest BCUT2D eigenvalue weighted by molar-refractivity contribution is 9.10. The lowest BCUT2D eigenvalue weighted by molar-refractivity contribution is 0.571. The van der Waals surface area contributed by atoms with Crippen LogP contribution in [-0.4, -0.2) is 0 Å². The Morgan fingerprint density at radius 2 is 1.95 bits per heavy atom. The van der Waals surface area contributed by atoms with E-state index in [1.54, 1.807) is 0 Å². The van der Waals surface area contributed by atoms with E-state index in [0.29, 0.717) is 6.04 Å². The standard InChI is InChI=1S/C16H17BrClN/c1-11-5-3-4-6-15(11)12(2)19-10-13-9-14(18)7-8-16(13)17/h3-9,12,19H,10H2,1-2H3. The van der Waals surface area contributed by atoms with Gasteiger partial charge < -0.3 is 5.32 Å². The van der Waals surface area contributed by atoms with Gasteiger partial charge in [0.1, 0.15) is 0 Å². The number of hydrogen-bond donors (Lipinski definition) is 1. The predicted octanol–water partition coefficient (Wildman–Crippen LogP) is 5.26. The molecule has 1 unspecified atom stereocenters. The van der Waals surface area contributed by atoms with Crippen LogP contribution in [0.4, 0.5) is 0 Å². The normalized spacial score (nSPS) is 12.4. The second kappa shape index (κ2) is 6.56. The third kappa shape index (κ3) is 3.82. The molecule has 0 aliphatic heterocycles. The molecule has 0 aliphatic rings. The molecule has 1 atom stereocenters. The minimum Gasteiger partial charge on any atom is -0.306 e. The molecule has 0 saturated heterocycles. The van der Waals surface area contributed by atoms with Crippen LogP contribution in [0.25, 0.3) is 0 Å². The molecule has 0 fully saturated rings. The molecular weight excluding hydrogens is 322 g/mol. The Kier molecular flexibility index (Phi) is 5.03. The number of halogens is 2. The van der Waals surface area contributed by atoms with Crippen molar-refractivity contribution >= 4 is 27.5 Å². The van der Waals surface area contributed by atoms with Crippen molar-refractivity contribution < 1.29 is 0 Å². The van der Waals surface area contributed by atoms with E-state index in [-0.39, 0.29) is 0 Å². The Morgan fingerprint density at radius 1 is 1.21 bits per heavy atom. The summed E-state index contributed by atoms with van der Waals surface area (Å²) in [7, 11) is 0. The lowest BCUT2D eigenvalue weighted by atomic mass is 10.0. The first-order valence-electron chi connectivity index (χ1n) is 6.31. The summed E-state index contributed by atoms with van der Waals surface area (Å²) in [6, 6.07) is 14.6. The molecule has 1 N–H and O–H groups in total. The average molecular weight is 339 g/mol. The van der Waals surface area contributed by atoms with E-state index in [1.807, 2.05) is 18.2 Å². The average Bonchev–Trinajstić information content (AvgIpc) is 2.40. The molecule has 19 heavy (non-hydrogen) atoms. The van der Waals surface area contributed by atoms with Crippen molar-refractivity contribution in [3.63, 3.8) is 0 Å². The van der Waals surface area contributed by atoms with Gasteiger partial charge in [-0.25, -0.2) is 0 Å². The smallest absolute Gasteiger partial charge is 0.0410 e. The SMILES string of the molecule is Cc1ccccc1C(C)NCc1cc(Cl)ccc1Br. The lowest BCUT2D eigenvalue weighted by Gasteiger charge is -2.17. The van der Waals surface area contributed by atoms with Crippen LogP contribution < -0.4 is 5.32 Å². The molecule has 2 rings (SSSR count). The van der Waals surface area contributed by atoms with Crippen LogP contribution in [-0.2, 0) is 6.54 Å². The topological polar surface area (TPSA) is 12.0 Å². The van der Waals surface area contributed by atoms with Gasteiger partial charge in [-0.1, -0.05) is 51.8 Å². The summed E-state index contributed by atoms with van der Waals surface area (Å²) >= 11 is 9.58. The second-order valence-electron chi connectivity index (χ2n) is 4.69. The zero-order chi connectivity index (χ0) is 13.8. The van der Waals surface area contributed by atoms with Gasteiger partial charge in [-0.2, -0.15) is 0 Å². The lowest BCUT2D eigenvalue weighted by Crippen LogP contribution is -2.19. The maximum atomic E-state index is 6.03. The minimum atomic E-state index is 0.312. The van der Waals surface area contributed by atoms with Crippen LogP contribution in [0.15, 0.2) is 46.9 Å². The zero-order valence-corrected chi connectivity index (χ0v) is 13.4. The first-order chi connectivity index (χ1) is 9.08. The summed E-state index contributed by atoms with van der Waals surface area (Å²) in [4.78, 5) is 0. The van der Waals surface area contributed by atoms with E-state index in [1.165, 1.54) is 16.7 Å². The Bertz CT molecular complexity index is 568. The molecule has 1 nitrogen and oxygen atoms in total. The molecule has 0 radical (unpaired) electrons. The van der Waals surface area contributed by atoms with E-state index in [9.17, 15) is 0 Å². The van der Waals surface area contributed by atoms with Crippen LogP contribution in [0.5, 0.6) is 0 Å². The summed E-state index contributed by atoms with van der Waals surface area (Å²) in [6.07, 6.45) is 0. The van der Waals surface area contributed by atoms with Crippen molar-refractivity contribution in [2.75, 3.05) is 0 Å². The fourth-order valence-corrected chi connectivity index (χ4v) is 2.71. The van der Waals surface area contributed by atoms with Gasteiger partial charge in [-0.3, -0.25) is 0 Å². The Hall–Kier alpha value is -0.830. The maximum absolute atomic E-state index is 6.03. The fraction of sp³-hybridized carbons (Fsp3) is 0.250. The highest BCUT2D eigenvalue weighted by Crippen LogP contribution is 2.23. The van der Waals surface area contributed by atoms with Crippen molar-refractivity contribution in [3.8, 4) is 0 Å². The minimum absolute atomic E-state index is 0.312. The van der Waals surface area contributed by atoms with E-state index >= 15 is 0 Å². The van der Waals surface area contributed by atoms with E-state index in [0.717, 1.165) is 16.0 Å². The number of hydrogen-bond acceptors (Lipinski definition) is 1. The number of aryl methyl sites for hydroxylation is 1. The van der Waals surface area contributed by atoms with Crippen LogP contribution in [0, 0.1) is 6.92 Å². The summed E-state index contributed by atoms with van der Waals surface area (Å²) < 4.78 is 1.08. The molecular formula is C16H17BrClN. The van der Waals surface area contributed by atoms with Crippen LogP contribution in [0.2, 0.25) is 5.02 Å². The Morgan fingerprint density at radius 3 is 2.68 bits per heavy atom. The summed E-state index contributed by atoms with van der Waals surface area (Å²) in [5.41, 5.74) is 3.82. The van der Waals surface area contributed by atoms with Crippen LogP contribution in [0.3, 0.4) is 0 Å². The molecule has 0 spiro atoms. The number of nitrogens with one attached hydrogen (secondary N) is 1. The third-order valence-electron chi connectivity index (χ3n) is 3.26. The summed E-state index contributed by atoms with van der Waals surface area (Å²) in [6.45, 7) is 5.11. The van der Waals surface area contributed by atoms with Gasteiger partial charge in [-0.05, 0) is 48.7 Å². The van der Waals surface area contributed by atoms with Crippen molar-refractivity contribution in [3.05, 3.63) is 68.7 Å². The number of benzene rings is 2. The first-order valence-corrected chi connectivity index (χ1v) is 7.48. The fourth-order valence-electron chi connectivity index (χ4n) is 2.12. The first kappa shape index (κ1) is 14.6. The second-order valence-corrected chi connectivity index (χ2v) is 5.99. The van der Waals surface area contributed by atoms with Crippen molar-refractivity contribution in [1.82, 2.24) is 5.32 Å². The van der Waals surface area contributed by atoms with Crippen molar-refractivity contribution in [2.45, 2.75) is 26.4 Å². The number of rotatable bonds is 4. The summed E-state index contributed by atoms with van der Waals surface area (Å²) in [5, 5.41) is 4.30. The van der Waals surface area contributed by atoms with Gasteiger partial charge in [0.15, 0.2) is 0 Å². The Balaban J connectivity index is 2.06. The summed E-state index contributed by atoms with van der Waals surface area (Å²) in [5.74, 6) is 0. The van der Waals surface area contributed by atoms with Gasteiger partial charge in [0.05, 0.1) is 0 Å². The quantitative estimate of drug-likeness (QED) is 0.801. The van der Waals surface area contributed by atoms with Gasteiger partial charge in [0.25, 0.3) is 0 Å². The molecule has 100 valence electrons. The molecule has 2 aromatic carbocycles. The van der Waals surface area contributed by atoms with Crippen LogP contribution in [0.1, 0.15) is 29.7 Å². The van der Waals surface area contributed by atoms with Gasteiger partial charge in [0.2, 0.25) is 0 Å². The molecule has 0 aromatic heterocycles. The zero-order valence-electron chi connectivity index (χ0n) is 11.1. The molecule has 0 amide bonds.